The van der Waals surface area contributed by atoms with E-state index in [9.17, 15) is 9.59 Å². The smallest absolute Gasteiger partial charge is 0.259 e. The SMILES string of the molecule is C=CC(=O)Nc1ccc2c3c(cccc13)C(=O)N2C1CCCCC1. The molecule has 2 aliphatic rings. The minimum atomic E-state index is -0.246. The zero-order chi connectivity index (χ0) is 16.7. The molecule has 4 heteroatoms. The third-order valence-corrected chi connectivity index (χ3v) is 5.11. The van der Waals surface area contributed by atoms with Crippen molar-refractivity contribution in [1.82, 2.24) is 0 Å². The van der Waals surface area contributed by atoms with E-state index in [0.717, 1.165) is 40.6 Å². The van der Waals surface area contributed by atoms with Crippen LogP contribution < -0.4 is 10.2 Å². The van der Waals surface area contributed by atoms with E-state index in [1.807, 2.05) is 35.2 Å². The summed E-state index contributed by atoms with van der Waals surface area (Å²) in [4.78, 5) is 26.7. The number of nitrogens with zero attached hydrogens (tertiary/aromatic N) is 1. The summed E-state index contributed by atoms with van der Waals surface area (Å²) in [7, 11) is 0. The Balaban J connectivity index is 1.84. The van der Waals surface area contributed by atoms with Crippen molar-refractivity contribution in [3.8, 4) is 0 Å². The highest BCUT2D eigenvalue weighted by Gasteiger charge is 2.35. The normalized spacial score (nSPS) is 17.3. The molecule has 0 unspecified atom stereocenters. The number of hydrogen-bond donors (Lipinski definition) is 1. The molecule has 1 heterocycles. The molecule has 0 atom stereocenters. The Morgan fingerprint density at radius 2 is 1.96 bits per heavy atom. The lowest BCUT2D eigenvalue weighted by atomic mass is 9.94. The lowest BCUT2D eigenvalue weighted by Crippen LogP contribution is -2.39. The Labute approximate surface area is 141 Å². The minimum absolute atomic E-state index is 0.0923. The van der Waals surface area contributed by atoms with Crippen molar-refractivity contribution in [3.05, 3.63) is 48.6 Å². The number of rotatable bonds is 3. The summed E-state index contributed by atoms with van der Waals surface area (Å²) in [5.41, 5.74) is 2.44. The molecular formula is C20H20N2O2. The molecule has 1 N–H and O–H groups in total. The molecule has 0 spiro atoms. The number of anilines is 2. The number of nitrogens with one attached hydrogen (secondary N) is 1. The number of amides is 2. The Bertz CT molecular complexity index is 850. The van der Waals surface area contributed by atoms with Crippen molar-refractivity contribution in [2.45, 2.75) is 38.1 Å². The molecule has 0 aromatic heterocycles. The van der Waals surface area contributed by atoms with Gasteiger partial charge in [-0.1, -0.05) is 38.0 Å². The Hall–Kier alpha value is -2.62. The number of carbonyl (C=O) groups is 2. The monoisotopic (exact) mass is 320 g/mol. The molecule has 2 aromatic rings. The molecule has 0 saturated heterocycles. The summed E-state index contributed by atoms with van der Waals surface area (Å²) >= 11 is 0. The summed E-state index contributed by atoms with van der Waals surface area (Å²) < 4.78 is 0. The quantitative estimate of drug-likeness (QED) is 0.859. The summed E-state index contributed by atoms with van der Waals surface area (Å²) in [6.45, 7) is 3.50. The van der Waals surface area contributed by atoms with Crippen LogP contribution in [0.25, 0.3) is 10.8 Å². The summed E-state index contributed by atoms with van der Waals surface area (Å²) in [5, 5.41) is 4.70. The highest BCUT2D eigenvalue weighted by atomic mass is 16.2. The second-order valence-electron chi connectivity index (χ2n) is 6.52. The van der Waals surface area contributed by atoms with Crippen molar-refractivity contribution >= 4 is 34.0 Å². The van der Waals surface area contributed by atoms with E-state index in [1.54, 1.807) is 0 Å². The van der Waals surface area contributed by atoms with Crippen LogP contribution in [-0.2, 0) is 4.79 Å². The summed E-state index contributed by atoms with van der Waals surface area (Å²) in [5.74, 6) is -0.154. The van der Waals surface area contributed by atoms with Crippen molar-refractivity contribution in [2.75, 3.05) is 10.2 Å². The van der Waals surface area contributed by atoms with Crippen LogP contribution in [0.15, 0.2) is 43.0 Å². The fourth-order valence-electron chi connectivity index (χ4n) is 4.00. The molecule has 4 rings (SSSR count). The first-order chi connectivity index (χ1) is 11.7. The summed E-state index contributed by atoms with van der Waals surface area (Å²) in [6, 6.07) is 9.86. The second kappa shape index (κ2) is 5.78. The van der Waals surface area contributed by atoms with E-state index >= 15 is 0 Å². The fourth-order valence-corrected chi connectivity index (χ4v) is 4.00. The average Bonchev–Trinajstić information content (AvgIpc) is 2.92. The van der Waals surface area contributed by atoms with Crippen LogP contribution in [0.1, 0.15) is 42.5 Å². The lowest BCUT2D eigenvalue weighted by Gasteiger charge is -2.31. The number of carbonyl (C=O) groups excluding carboxylic acids is 2. The standard InChI is InChI=1S/C20H20N2O2/c1-2-18(23)21-16-11-12-17-19-14(16)9-6-10-15(19)20(24)22(17)13-7-4-3-5-8-13/h2,6,9-13H,1,3-5,7-8H2,(H,21,23). The number of hydrogen-bond acceptors (Lipinski definition) is 2. The van der Waals surface area contributed by atoms with E-state index in [2.05, 4.69) is 11.9 Å². The van der Waals surface area contributed by atoms with Gasteiger partial charge in [0.2, 0.25) is 5.91 Å². The van der Waals surface area contributed by atoms with E-state index in [-0.39, 0.29) is 17.9 Å². The lowest BCUT2D eigenvalue weighted by molar-refractivity contribution is -0.111. The average molecular weight is 320 g/mol. The molecule has 1 saturated carbocycles. The first kappa shape index (κ1) is 14.9. The largest absolute Gasteiger partial charge is 0.322 e. The van der Waals surface area contributed by atoms with Crippen LogP contribution in [0.5, 0.6) is 0 Å². The predicted octanol–water partition coefficient (Wildman–Crippen LogP) is 4.26. The molecule has 1 fully saturated rings. The maximum atomic E-state index is 13.0. The second-order valence-corrected chi connectivity index (χ2v) is 6.52. The van der Waals surface area contributed by atoms with Crippen molar-refractivity contribution in [2.24, 2.45) is 0 Å². The van der Waals surface area contributed by atoms with E-state index in [1.165, 1.54) is 25.3 Å². The third kappa shape index (κ3) is 2.21. The molecule has 1 aliphatic heterocycles. The highest BCUT2D eigenvalue weighted by molar-refractivity contribution is 6.27. The van der Waals surface area contributed by atoms with Gasteiger partial charge < -0.3 is 10.2 Å². The first-order valence-corrected chi connectivity index (χ1v) is 8.53. The maximum Gasteiger partial charge on any atom is 0.259 e. The molecule has 122 valence electrons. The van der Waals surface area contributed by atoms with Gasteiger partial charge in [-0.2, -0.15) is 0 Å². The molecule has 0 radical (unpaired) electrons. The Morgan fingerprint density at radius 1 is 1.17 bits per heavy atom. The topological polar surface area (TPSA) is 49.4 Å². The third-order valence-electron chi connectivity index (χ3n) is 5.11. The van der Waals surface area contributed by atoms with Gasteiger partial charge in [-0.05, 0) is 37.1 Å². The molecule has 1 aliphatic carbocycles. The van der Waals surface area contributed by atoms with Gasteiger partial charge in [-0.25, -0.2) is 0 Å². The van der Waals surface area contributed by atoms with E-state index < -0.39 is 0 Å². The first-order valence-electron chi connectivity index (χ1n) is 8.53. The van der Waals surface area contributed by atoms with E-state index in [0.29, 0.717) is 0 Å². The predicted molar refractivity (Wildman–Crippen MR) is 96.5 cm³/mol. The van der Waals surface area contributed by atoms with Gasteiger partial charge in [0.25, 0.3) is 5.91 Å². The van der Waals surface area contributed by atoms with Gasteiger partial charge in [0, 0.05) is 28.1 Å². The summed E-state index contributed by atoms with van der Waals surface area (Å²) in [6.07, 6.45) is 7.01. The molecular weight excluding hydrogens is 300 g/mol. The minimum Gasteiger partial charge on any atom is -0.322 e. The Morgan fingerprint density at radius 3 is 2.71 bits per heavy atom. The van der Waals surface area contributed by atoms with Crippen molar-refractivity contribution < 1.29 is 9.59 Å². The van der Waals surface area contributed by atoms with E-state index in [4.69, 9.17) is 0 Å². The van der Waals surface area contributed by atoms with Gasteiger partial charge in [0.05, 0.1) is 5.69 Å². The molecule has 4 nitrogen and oxygen atoms in total. The Kier molecular flexibility index (Phi) is 3.60. The van der Waals surface area contributed by atoms with Gasteiger partial charge in [0.1, 0.15) is 0 Å². The van der Waals surface area contributed by atoms with Crippen LogP contribution in [0, 0.1) is 0 Å². The maximum absolute atomic E-state index is 13.0. The molecule has 2 aromatic carbocycles. The molecule has 0 bridgehead atoms. The van der Waals surface area contributed by atoms with Crippen LogP contribution in [-0.4, -0.2) is 17.9 Å². The van der Waals surface area contributed by atoms with Crippen LogP contribution in [0.3, 0.4) is 0 Å². The van der Waals surface area contributed by atoms with Gasteiger partial charge in [-0.3, -0.25) is 9.59 Å². The number of benzene rings is 2. The van der Waals surface area contributed by atoms with Crippen LogP contribution in [0.4, 0.5) is 11.4 Å². The highest BCUT2D eigenvalue weighted by Crippen LogP contribution is 2.43. The zero-order valence-electron chi connectivity index (χ0n) is 13.5. The zero-order valence-corrected chi connectivity index (χ0v) is 13.5. The van der Waals surface area contributed by atoms with Gasteiger partial charge in [-0.15, -0.1) is 0 Å². The molecule has 2 amide bonds. The van der Waals surface area contributed by atoms with Crippen molar-refractivity contribution in [1.29, 1.82) is 0 Å². The van der Waals surface area contributed by atoms with Crippen LogP contribution >= 0.6 is 0 Å². The van der Waals surface area contributed by atoms with Gasteiger partial charge >= 0.3 is 0 Å². The molecule has 24 heavy (non-hydrogen) atoms. The van der Waals surface area contributed by atoms with Crippen LogP contribution in [0.2, 0.25) is 0 Å². The van der Waals surface area contributed by atoms with Crippen molar-refractivity contribution in [3.63, 3.8) is 0 Å². The van der Waals surface area contributed by atoms with Gasteiger partial charge in [0.15, 0.2) is 0 Å². The fraction of sp³-hybridized carbons (Fsp3) is 0.300.